The van der Waals surface area contributed by atoms with Crippen LogP contribution in [0.4, 0.5) is 9.18 Å². The van der Waals surface area contributed by atoms with Crippen molar-refractivity contribution in [1.29, 1.82) is 0 Å². The number of primary amides is 1. The zero-order valence-corrected chi connectivity index (χ0v) is 18.3. The van der Waals surface area contributed by atoms with Crippen molar-refractivity contribution in [2.45, 2.75) is 56.7 Å². The lowest BCUT2D eigenvalue weighted by molar-refractivity contribution is 0.208. The van der Waals surface area contributed by atoms with E-state index in [0.717, 1.165) is 12.0 Å². The Morgan fingerprint density at radius 2 is 1.93 bits per heavy atom. The van der Waals surface area contributed by atoms with Crippen molar-refractivity contribution in [3.05, 3.63) is 59.7 Å². The average molecular weight is 434 g/mol. The minimum absolute atomic E-state index is 0.256. The highest BCUT2D eigenvalue weighted by molar-refractivity contribution is 7.90. The topological polar surface area (TPSA) is 100 Å². The molecule has 0 saturated heterocycles. The van der Waals surface area contributed by atoms with Crippen LogP contribution in [0.3, 0.4) is 0 Å². The fourth-order valence-corrected chi connectivity index (χ4v) is 4.32. The van der Waals surface area contributed by atoms with Gasteiger partial charge >= 0.3 is 6.09 Å². The summed E-state index contributed by atoms with van der Waals surface area (Å²) in [6.07, 6.45) is 6.17. The van der Waals surface area contributed by atoms with Crippen LogP contribution in [0.5, 0.6) is 5.75 Å². The van der Waals surface area contributed by atoms with Crippen molar-refractivity contribution in [2.24, 2.45) is 11.7 Å². The van der Waals surface area contributed by atoms with Gasteiger partial charge in [-0.2, -0.15) is 0 Å². The highest BCUT2D eigenvalue weighted by Crippen LogP contribution is 2.43. The van der Waals surface area contributed by atoms with Gasteiger partial charge in [-0.3, -0.25) is 4.98 Å². The third kappa shape index (κ3) is 5.30. The summed E-state index contributed by atoms with van der Waals surface area (Å²) < 4.78 is 35.2. The van der Waals surface area contributed by atoms with Gasteiger partial charge in [0.2, 0.25) is 0 Å². The summed E-state index contributed by atoms with van der Waals surface area (Å²) >= 11 is -1.42. The molecule has 1 amide bonds. The maximum Gasteiger partial charge on any atom is 0.410 e. The fourth-order valence-electron chi connectivity index (χ4n) is 3.35. The molecule has 2 unspecified atom stereocenters. The first-order valence-electron chi connectivity index (χ1n) is 9.99. The van der Waals surface area contributed by atoms with E-state index in [0.29, 0.717) is 17.9 Å². The van der Waals surface area contributed by atoms with Gasteiger partial charge in [0.05, 0.1) is 0 Å². The Labute approximate surface area is 179 Å². The lowest BCUT2D eigenvalue weighted by Gasteiger charge is -2.38. The van der Waals surface area contributed by atoms with Crippen molar-refractivity contribution >= 4 is 17.5 Å². The lowest BCUT2D eigenvalue weighted by Crippen LogP contribution is -2.52. The zero-order chi connectivity index (χ0) is 21.9. The second-order valence-electron chi connectivity index (χ2n) is 8.67. The van der Waals surface area contributed by atoms with Gasteiger partial charge in [-0.05, 0) is 74.9 Å². The van der Waals surface area contributed by atoms with Crippen LogP contribution in [0.2, 0.25) is 0 Å². The van der Waals surface area contributed by atoms with E-state index < -0.39 is 33.6 Å². The molecule has 1 aromatic carbocycles. The number of carbonyl (C=O) groups excluding carboxylic acids is 1. The zero-order valence-electron chi connectivity index (χ0n) is 17.5. The maximum atomic E-state index is 14.3. The molecule has 1 fully saturated rings. The largest absolute Gasteiger partial charge is 0.598 e. The van der Waals surface area contributed by atoms with E-state index in [9.17, 15) is 13.7 Å². The normalized spacial score (nSPS) is 17.2. The van der Waals surface area contributed by atoms with E-state index in [1.807, 2.05) is 32.9 Å². The number of carbonyl (C=O) groups is 1. The minimum atomic E-state index is -1.42. The smallest absolute Gasteiger partial charge is 0.410 e. The molecule has 1 heterocycles. The molecule has 2 atom stereocenters. The number of amides is 1. The van der Waals surface area contributed by atoms with Gasteiger partial charge in [-0.1, -0.05) is 18.9 Å². The first-order valence-corrected chi connectivity index (χ1v) is 11.1. The maximum absolute atomic E-state index is 14.3. The van der Waals surface area contributed by atoms with E-state index in [1.165, 1.54) is 25.0 Å². The fraction of sp³-hybridized carbons (Fsp3) is 0.455. The molecule has 162 valence electrons. The van der Waals surface area contributed by atoms with E-state index in [1.54, 1.807) is 18.5 Å². The van der Waals surface area contributed by atoms with Crippen LogP contribution >= 0.6 is 0 Å². The highest BCUT2D eigenvalue weighted by atomic mass is 32.2. The van der Waals surface area contributed by atoms with Crippen molar-refractivity contribution in [2.75, 3.05) is 0 Å². The number of nitrogens with two attached hydrogens (primary N) is 1. The van der Waals surface area contributed by atoms with Gasteiger partial charge in [0.25, 0.3) is 0 Å². The number of ether oxygens (including phenoxy) is 1. The van der Waals surface area contributed by atoms with Gasteiger partial charge in [0.1, 0.15) is 10.3 Å². The van der Waals surface area contributed by atoms with Crippen molar-refractivity contribution < 1.29 is 18.5 Å². The number of halogens is 1. The number of aromatic nitrogens is 1. The van der Waals surface area contributed by atoms with Crippen LogP contribution in [0.15, 0.2) is 42.7 Å². The van der Waals surface area contributed by atoms with Crippen LogP contribution in [-0.2, 0) is 16.9 Å². The van der Waals surface area contributed by atoms with E-state index in [-0.39, 0.29) is 5.75 Å². The molecule has 2 aromatic rings. The number of pyridine rings is 1. The van der Waals surface area contributed by atoms with Gasteiger partial charge in [0, 0.05) is 23.8 Å². The molecule has 30 heavy (non-hydrogen) atoms. The Hall–Kier alpha value is -2.16. The van der Waals surface area contributed by atoms with E-state index in [4.69, 9.17) is 10.5 Å². The predicted octanol–water partition coefficient (Wildman–Crippen LogP) is 4.16. The van der Waals surface area contributed by atoms with Crippen LogP contribution < -0.4 is 15.2 Å². The van der Waals surface area contributed by atoms with Crippen LogP contribution in [0.25, 0.3) is 0 Å². The average Bonchev–Trinajstić information content (AvgIpc) is 3.51. The third-order valence-electron chi connectivity index (χ3n) is 5.26. The molecule has 3 N–H and O–H groups in total. The summed E-state index contributed by atoms with van der Waals surface area (Å²) in [6.45, 7) is 5.67. The SMILES string of the molecule is CC(C)(C)[S+]([O-])NC(CCC1CC1)(c1ccncc1)c1ccc(F)c(OC(N)=O)c1. The first kappa shape index (κ1) is 22.5. The summed E-state index contributed by atoms with van der Waals surface area (Å²) in [5.41, 5.74) is 5.72. The van der Waals surface area contributed by atoms with Crippen LogP contribution in [0, 0.1) is 11.7 Å². The number of hydrogen-bond donors (Lipinski definition) is 2. The molecule has 1 aliphatic rings. The standard InChI is InChI=1S/C22H28FN3O3S/c1-21(2,3)30(28)26-22(11-8-15-4-5-15,16-9-12-25-13-10-16)17-6-7-18(23)19(14-17)29-20(24)27/h6-7,9-10,12-15,26H,4-5,8,11H2,1-3H3,(H2,24,27). The summed E-state index contributed by atoms with van der Waals surface area (Å²) in [7, 11) is 0. The third-order valence-corrected chi connectivity index (χ3v) is 6.90. The summed E-state index contributed by atoms with van der Waals surface area (Å²) in [4.78, 5) is 15.4. The van der Waals surface area contributed by atoms with Gasteiger partial charge in [-0.15, -0.1) is 4.72 Å². The Kier molecular flexibility index (Phi) is 6.69. The van der Waals surface area contributed by atoms with Gasteiger partial charge in [0.15, 0.2) is 11.6 Å². The molecule has 6 nitrogen and oxygen atoms in total. The molecule has 0 radical (unpaired) electrons. The molecule has 1 aromatic heterocycles. The quantitative estimate of drug-likeness (QED) is 0.609. The number of nitrogens with one attached hydrogen (secondary N) is 1. The van der Waals surface area contributed by atoms with Crippen molar-refractivity contribution in [3.63, 3.8) is 0 Å². The second kappa shape index (κ2) is 8.91. The molecule has 1 saturated carbocycles. The summed E-state index contributed by atoms with van der Waals surface area (Å²) in [6, 6.07) is 8.04. The van der Waals surface area contributed by atoms with E-state index >= 15 is 0 Å². The summed E-state index contributed by atoms with van der Waals surface area (Å²) in [5, 5.41) is 0. The molecule has 0 aliphatic heterocycles. The molecular weight excluding hydrogens is 405 g/mol. The Morgan fingerprint density at radius 1 is 1.27 bits per heavy atom. The minimum Gasteiger partial charge on any atom is -0.598 e. The molecule has 1 aliphatic carbocycles. The summed E-state index contributed by atoms with van der Waals surface area (Å²) in [5.74, 6) is -0.327. The molecule has 3 rings (SSSR count). The second-order valence-corrected chi connectivity index (χ2v) is 10.6. The number of benzene rings is 1. The van der Waals surface area contributed by atoms with Crippen LogP contribution in [-0.4, -0.2) is 20.4 Å². The molecule has 0 spiro atoms. The monoisotopic (exact) mass is 433 g/mol. The first-order chi connectivity index (χ1) is 14.1. The highest BCUT2D eigenvalue weighted by Gasteiger charge is 2.43. The van der Waals surface area contributed by atoms with E-state index in [2.05, 4.69) is 9.71 Å². The molecule has 0 bridgehead atoms. The predicted molar refractivity (Wildman–Crippen MR) is 115 cm³/mol. The Balaban J connectivity index is 2.14. The van der Waals surface area contributed by atoms with Gasteiger partial charge in [-0.25, -0.2) is 9.18 Å². The van der Waals surface area contributed by atoms with Gasteiger partial charge < -0.3 is 15.0 Å². The van der Waals surface area contributed by atoms with Crippen molar-refractivity contribution in [3.8, 4) is 5.75 Å². The number of hydrogen-bond acceptors (Lipinski definition) is 5. The molecular formula is C22H28FN3O3S. The number of nitrogens with zero attached hydrogens (tertiary/aromatic N) is 1. The number of rotatable bonds is 8. The van der Waals surface area contributed by atoms with Crippen molar-refractivity contribution in [1.82, 2.24) is 9.71 Å². The lowest BCUT2D eigenvalue weighted by atomic mass is 9.79. The Morgan fingerprint density at radius 3 is 2.50 bits per heavy atom. The Bertz CT molecular complexity index is 887. The van der Waals surface area contributed by atoms with Crippen LogP contribution in [0.1, 0.15) is 57.6 Å². The molecule has 8 heteroatoms.